The number of carbonyl (C=O) groups is 2. The van der Waals surface area contributed by atoms with Crippen LogP contribution < -0.4 is 20.2 Å². The van der Waals surface area contributed by atoms with E-state index in [2.05, 4.69) is 5.32 Å². The molecule has 0 atom stereocenters. The van der Waals surface area contributed by atoms with E-state index < -0.39 is 0 Å². The van der Waals surface area contributed by atoms with Crippen LogP contribution in [0.5, 0.6) is 11.5 Å². The Balaban J connectivity index is 1.63. The number of carbonyl (C=O) groups excluding carboxylic acids is 2. The summed E-state index contributed by atoms with van der Waals surface area (Å²) >= 11 is 6.10. The molecular formula is C27H30ClN3O6. The van der Waals surface area contributed by atoms with Gasteiger partial charge in [-0.15, -0.1) is 0 Å². The van der Waals surface area contributed by atoms with Gasteiger partial charge in [0.1, 0.15) is 12.1 Å². The lowest BCUT2D eigenvalue weighted by molar-refractivity contribution is -0.133. The minimum atomic E-state index is -0.300. The normalized spacial score (nSPS) is 12.0. The first-order valence-electron chi connectivity index (χ1n) is 12.3. The van der Waals surface area contributed by atoms with Crippen LogP contribution in [0.2, 0.25) is 5.02 Å². The topological polar surface area (TPSA) is 101 Å². The maximum absolute atomic E-state index is 13.6. The molecule has 3 aromatic rings. The zero-order valence-corrected chi connectivity index (χ0v) is 21.7. The average molecular weight is 528 g/mol. The first-order chi connectivity index (χ1) is 17.9. The molecule has 1 aliphatic rings. The molecule has 2 heterocycles. The number of benzene rings is 2. The van der Waals surface area contributed by atoms with Gasteiger partial charge >= 0.3 is 6.03 Å². The molecule has 1 N–H and O–H groups in total. The predicted octanol–water partition coefficient (Wildman–Crippen LogP) is 4.54. The SMILES string of the molecule is CCCCN(CC(=O)N(Cc1ccc2c(c1)OCO2)Cc1coc2ccc(Cl)cc2c1=O)C(=O)NCC. The van der Waals surface area contributed by atoms with E-state index in [4.69, 9.17) is 25.5 Å². The molecule has 0 spiro atoms. The van der Waals surface area contributed by atoms with E-state index in [9.17, 15) is 14.4 Å². The van der Waals surface area contributed by atoms with Crippen LogP contribution >= 0.6 is 11.6 Å². The van der Waals surface area contributed by atoms with Gasteiger partial charge in [0.05, 0.1) is 23.8 Å². The molecule has 37 heavy (non-hydrogen) atoms. The van der Waals surface area contributed by atoms with E-state index in [1.807, 2.05) is 26.0 Å². The van der Waals surface area contributed by atoms with E-state index in [0.717, 1.165) is 18.4 Å². The van der Waals surface area contributed by atoms with Crippen molar-refractivity contribution >= 4 is 34.5 Å². The maximum atomic E-state index is 13.6. The third-order valence-corrected chi connectivity index (χ3v) is 6.29. The highest BCUT2D eigenvalue weighted by molar-refractivity contribution is 6.31. The fourth-order valence-corrected chi connectivity index (χ4v) is 4.25. The Morgan fingerprint density at radius 1 is 1.03 bits per heavy atom. The Hall–Kier alpha value is -3.72. The highest BCUT2D eigenvalue weighted by Gasteiger charge is 2.24. The fourth-order valence-electron chi connectivity index (χ4n) is 4.08. The number of ether oxygens (including phenoxy) is 2. The van der Waals surface area contributed by atoms with E-state index in [-0.39, 0.29) is 43.8 Å². The standard InChI is InChI=1S/C27H30ClN3O6/c1-3-5-10-30(27(34)29-4-2)15-25(32)31(13-18-6-8-23-24(11-18)37-17-36-23)14-19-16-35-22-9-7-20(28)12-21(22)26(19)33/h6-9,11-12,16H,3-5,10,13-15,17H2,1-2H3,(H,29,34). The van der Waals surface area contributed by atoms with Crippen LogP contribution in [-0.4, -0.2) is 48.2 Å². The first-order valence-corrected chi connectivity index (χ1v) is 12.7. The van der Waals surface area contributed by atoms with Gasteiger partial charge in [-0.05, 0) is 49.2 Å². The summed E-state index contributed by atoms with van der Waals surface area (Å²) in [5.41, 5.74) is 1.25. The Kier molecular flexibility index (Phi) is 8.55. The summed E-state index contributed by atoms with van der Waals surface area (Å²) in [7, 11) is 0. The minimum absolute atomic E-state index is 0.00488. The lowest BCUT2D eigenvalue weighted by Crippen LogP contribution is -2.47. The van der Waals surface area contributed by atoms with Gasteiger partial charge in [0, 0.05) is 24.7 Å². The van der Waals surface area contributed by atoms with Crippen LogP contribution in [0.4, 0.5) is 4.79 Å². The lowest BCUT2D eigenvalue weighted by Gasteiger charge is -2.28. The minimum Gasteiger partial charge on any atom is -0.464 e. The molecule has 4 rings (SSSR count). The average Bonchev–Trinajstić information content (AvgIpc) is 3.36. The molecule has 1 aromatic heterocycles. The molecule has 196 valence electrons. The van der Waals surface area contributed by atoms with Crippen LogP contribution in [0.25, 0.3) is 11.0 Å². The number of fused-ring (bicyclic) bond motifs is 2. The van der Waals surface area contributed by atoms with Crippen LogP contribution in [0, 0.1) is 0 Å². The molecule has 0 unspecified atom stereocenters. The number of hydrogen-bond donors (Lipinski definition) is 1. The number of urea groups is 1. The Bertz CT molecular complexity index is 1340. The van der Waals surface area contributed by atoms with E-state index in [1.165, 1.54) is 11.2 Å². The Labute approximate surface area is 219 Å². The number of halogens is 1. The van der Waals surface area contributed by atoms with Crippen molar-refractivity contribution in [2.45, 2.75) is 39.8 Å². The maximum Gasteiger partial charge on any atom is 0.317 e. The second-order valence-electron chi connectivity index (χ2n) is 8.78. The summed E-state index contributed by atoms with van der Waals surface area (Å²) in [6, 6.07) is 9.98. The highest BCUT2D eigenvalue weighted by Crippen LogP contribution is 2.33. The summed E-state index contributed by atoms with van der Waals surface area (Å²) in [6.45, 7) is 4.96. The van der Waals surface area contributed by atoms with Gasteiger partial charge in [-0.1, -0.05) is 31.0 Å². The summed E-state index contributed by atoms with van der Waals surface area (Å²) in [4.78, 5) is 42.5. The monoisotopic (exact) mass is 527 g/mol. The summed E-state index contributed by atoms with van der Waals surface area (Å²) in [5, 5.41) is 3.52. The number of rotatable bonds is 10. The van der Waals surface area contributed by atoms with Gasteiger partial charge in [0.2, 0.25) is 12.7 Å². The van der Waals surface area contributed by atoms with Crippen molar-refractivity contribution in [3.8, 4) is 11.5 Å². The first kappa shape index (κ1) is 26.3. The molecule has 0 bridgehead atoms. The molecule has 0 fully saturated rings. The quantitative estimate of drug-likeness (QED) is 0.415. The molecule has 10 heteroatoms. The highest BCUT2D eigenvalue weighted by atomic mass is 35.5. The predicted molar refractivity (Wildman–Crippen MR) is 140 cm³/mol. The third kappa shape index (κ3) is 6.35. The van der Waals surface area contributed by atoms with Crippen LogP contribution in [-0.2, 0) is 17.9 Å². The summed E-state index contributed by atoms with van der Waals surface area (Å²) in [5.74, 6) is 0.929. The van der Waals surface area contributed by atoms with Gasteiger partial charge in [-0.25, -0.2) is 4.79 Å². The Morgan fingerprint density at radius 2 is 1.84 bits per heavy atom. The van der Waals surface area contributed by atoms with Gasteiger partial charge in [-0.3, -0.25) is 9.59 Å². The summed E-state index contributed by atoms with van der Waals surface area (Å²) < 4.78 is 16.5. The molecule has 3 amide bonds. The van der Waals surface area contributed by atoms with Gasteiger partial charge in [0.25, 0.3) is 0 Å². The zero-order chi connectivity index (χ0) is 26.4. The van der Waals surface area contributed by atoms with Crippen LogP contribution in [0.1, 0.15) is 37.8 Å². The van der Waals surface area contributed by atoms with Gasteiger partial charge in [-0.2, -0.15) is 0 Å². The van der Waals surface area contributed by atoms with Gasteiger partial charge in [0.15, 0.2) is 16.9 Å². The summed E-state index contributed by atoms with van der Waals surface area (Å²) in [6.07, 6.45) is 3.02. The van der Waals surface area contributed by atoms with Crippen molar-refractivity contribution in [2.24, 2.45) is 0 Å². The number of nitrogens with zero attached hydrogens (tertiary/aromatic N) is 2. The van der Waals surface area contributed by atoms with Crippen molar-refractivity contribution < 1.29 is 23.5 Å². The van der Waals surface area contributed by atoms with Crippen molar-refractivity contribution in [3.63, 3.8) is 0 Å². The van der Waals surface area contributed by atoms with Crippen LogP contribution in [0.15, 0.2) is 51.9 Å². The van der Waals surface area contributed by atoms with E-state index in [0.29, 0.717) is 46.1 Å². The molecule has 1 aliphatic heterocycles. The molecule has 9 nitrogen and oxygen atoms in total. The van der Waals surface area contributed by atoms with Crippen LogP contribution in [0.3, 0.4) is 0 Å². The lowest BCUT2D eigenvalue weighted by atomic mass is 10.1. The molecule has 0 aliphatic carbocycles. The van der Waals surface area contributed by atoms with Crippen molar-refractivity contribution in [2.75, 3.05) is 26.4 Å². The van der Waals surface area contributed by atoms with Crippen molar-refractivity contribution in [1.82, 2.24) is 15.1 Å². The second-order valence-corrected chi connectivity index (χ2v) is 9.21. The van der Waals surface area contributed by atoms with E-state index in [1.54, 1.807) is 29.2 Å². The van der Waals surface area contributed by atoms with E-state index >= 15 is 0 Å². The van der Waals surface area contributed by atoms with Gasteiger partial charge < -0.3 is 29.0 Å². The molecule has 2 aromatic carbocycles. The molecule has 0 radical (unpaired) electrons. The number of nitrogens with one attached hydrogen (secondary N) is 1. The number of hydrogen-bond acceptors (Lipinski definition) is 6. The second kappa shape index (κ2) is 12.0. The van der Waals surface area contributed by atoms with Crippen molar-refractivity contribution in [1.29, 1.82) is 0 Å². The fraction of sp³-hybridized carbons (Fsp3) is 0.370. The number of amides is 3. The van der Waals surface area contributed by atoms with Crippen molar-refractivity contribution in [3.05, 3.63) is 69.0 Å². The Morgan fingerprint density at radius 3 is 2.62 bits per heavy atom. The molecule has 0 saturated carbocycles. The smallest absolute Gasteiger partial charge is 0.317 e. The largest absolute Gasteiger partial charge is 0.464 e. The molecule has 0 saturated heterocycles. The number of unbranched alkanes of at least 4 members (excludes halogenated alkanes) is 1. The third-order valence-electron chi connectivity index (χ3n) is 6.05. The molecular weight excluding hydrogens is 498 g/mol. The zero-order valence-electron chi connectivity index (χ0n) is 20.9.